The van der Waals surface area contributed by atoms with Gasteiger partial charge in [-0.1, -0.05) is 6.08 Å². The summed E-state index contributed by atoms with van der Waals surface area (Å²) in [6.45, 7) is 3.81. The number of benzene rings is 1. The lowest BCUT2D eigenvalue weighted by Gasteiger charge is -2.38. The van der Waals surface area contributed by atoms with Gasteiger partial charge in [-0.05, 0) is 60.9 Å². The van der Waals surface area contributed by atoms with E-state index in [1.165, 1.54) is 5.57 Å². The van der Waals surface area contributed by atoms with Gasteiger partial charge in [0.15, 0.2) is 0 Å². The quantitative estimate of drug-likeness (QED) is 0.675. The second-order valence-electron chi connectivity index (χ2n) is 8.14. The van der Waals surface area contributed by atoms with Crippen molar-refractivity contribution in [2.75, 3.05) is 36.8 Å². The zero-order valence-corrected chi connectivity index (χ0v) is 17.2. The number of fused-ring (bicyclic) bond motifs is 1. The van der Waals surface area contributed by atoms with Gasteiger partial charge in [0.05, 0.1) is 16.8 Å². The number of nitrogen functional groups attached to an aromatic ring is 1. The number of allylic oxidation sites excluding steroid dienone is 1. The Morgan fingerprint density at radius 2 is 1.87 bits per heavy atom. The van der Waals surface area contributed by atoms with E-state index in [9.17, 15) is 4.79 Å². The van der Waals surface area contributed by atoms with E-state index in [0.29, 0.717) is 17.4 Å². The number of pyridine rings is 2. The molecule has 0 radical (unpaired) electrons. The van der Waals surface area contributed by atoms with Gasteiger partial charge in [-0.3, -0.25) is 9.88 Å². The first-order valence-electron chi connectivity index (χ1n) is 10.6. The van der Waals surface area contributed by atoms with Crippen molar-refractivity contribution in [1.29, 1.82) is 0 Å². The molecule has 0 bridgehead atoms. The van der Waals surface area contributed by atoms with Crippen LogP contribution in [-0.4, -0.2) is 58.2 Å². The van der Waals surface area contributed by atoms with Gasteiger partial charge in [0.1, 0.15) is 5.82 Å². The van der Waals surface area contributed by atoms with E-state index in [4.69, 9.17) is 10.8 Å². The molecule has 3 heterocycles. The Kier molecular flexibility index (Phi) is 5.03. The number of nitrogens with two attached hydrogens (primary N) is 1. The molecule has 1 aliphatic heterocycles. The normalized spacial score (nSPS) is 19.5. The maximum atomic E-state index is 11.1. The van der Waals surface area contributed by atoms with E-state index < -0.39 is 5.97 Å². The number of carbonyl (C=O) groups is 1. The largest absolute Gasteiger partial charge is 0.478 e. The number of aromatic nitrogens is 2. The highest BCUT2D eigenvalue weighted by atomic mass is 16.4. The summed E-state index contributed by atoms with van der Waals surface area (Å²) in [6, 6.07) is 13.4. The summed E-state index contributed by atoms with van der Waals surface area (Å²) in [5, 5.41) is 9.97. The number of aromatic carboxylic acids is 1. The van der Waals surface area contributed by atoms with Gasteiger partial charge in [-0.25, -0.2) is 9.78 Å². The van der Waals surface area contributed by atoms with Crippen molar-refractivity contribution in [2.24, 2.45) is 0 Å². The fourth-order valence-corrected chi connectivity index (χ4v) is 4.60. The summed E-state index contributed by atoms with van der Waals surface area (Å²) < 4.78 is 0. The monoisotopic (exact) mass is 415 g/mol. The molecule has 1 fully saturated rings. The van der Waals surface area contributed by atoms with E-state index in [-0.39, 0.29) is 0 Å². The predicted octanol–water partition coefficient (Wildman–Crippen LogP) is 3.28. The average molecular weight is 415 g/mol. The van der Waals surface area contributed by atoms with Gasteiger partial charge in [-0.2, -0.15) is 0 Å². The summed E-state index contributed by atoms with van der Waals surface area (Å²) in [6.07, 6.45) is 6.21. The van der Waals surface area contributed by atoms with E-state index >= 15 is 0 Å². The topological polar surface area (TPSA) is 95.6 Å². The predicted molar refractivity (Wildman–Crippen MR) is 122 cm³/mol. The minimum absolute atomic E-state index is 0.323. The second kappa shape index (κ2) is 8.00. The van der Waals surface area contributed by atoms with Gasteiger partial charge in [0, 0.05) is 49.5 Å². The van der Waals surface area contributed by atoms with Crippen molar-refractivity contribution in [3.05, 3.63) is 66.0 Å². The van der Waals surface area contributed by atoms with Gasteiger partial charge < -0.3 is 15.7 Å². The van der Waals surface area contributed by atoms with Crippen LogP contribution in [-0.2, 0) is 0 Å². The Bertz CT molecular complexity index is 1150. The first-order chi connectivity index (χ1) is 15.1. The summed E-state index contributed by atoms with van der Waals surface area (Å²) >= 11 is 0. The van der Waals surface area contributed by atoms with Crippen LogP contribution in [0.15, 0.2) is 54.7 Å². The number of rotatable bonds is 4. The number of anilines is 2. The van der Waals surface area contributed by atoms with E-state index in [1.807, 2.05) is 30.3 Å². The molecule has 2 aromatic heterocycles. The van der Waals surface area contributed by atoms with Gasteiger partial charge in [-0.15, -0.1) is 0 Å². The van der Waals surface area contributed by atoms with Gasteiger partial charge in [0.25, 0.3) is 0 Å². The molecule has 158 valence electrons. The fraction of sp³-hybridized carbons (Fsp3) is 0.292. The number of carboxylic acids is 1. The van der Waals surface area contributed by atoms with Crippen LogP contribution in [0.4, 0.5) is 11.5 Å². The van der Waals surface area contributed by atoms with E-state index in [1.54, 1.807) is 18.3 Å². The van der Waals surface area contributed by atoms with Crippen LogP contribution in [0, 0.1) is 0 Å². The van der Waals surface area contributed by atoms with Crippen LogP contribution in [0.25, 0.3) is 16.5 Å². The highest BCUT2D eigenvalue weighted by Gasteiger charge is 2.27. The molecule has 7 heteroatoms. The first-order valence-corrected chi connectivity index (χ1v) is 10.6. The summed E-state index contributed by atoms with van der Waals surface area (Å²) in [5.41, 5.74) is 10.6. The number of hydrogen-bond donors (Lipinski definition) is 2. The molecule has 0 unspecified atom stereocenters. The Balaban J connectivity index is 1.26. The van der Waals surface area contributed by atoms with Crippen LogP contribution in [0.5, 0.6) is 0 Å². The van der Waals surface area contributed by atoms with Crippen molar-refractivity contribution in [3.8, 4) is 0 Å². The molecule has 3 aromatic rings. The van der Waals surface area contributed by atoms with Crippen molar-refractivity contribution in [2.45, 2.75) is 18.9 Å². The van der Waals surface area contributed by atoms with Gasteiger partial charge >= 0.3 is 5.97 Å². The zero-order valence-electron chi connectivity index (χ0n) is 17.2. The smallest absolute Gasteiger partial charge is 0.335 e. The Labute approximate surface area is 180 Å². The zero-order chi connectivity index (χ0) is 21.4. The summed E-state index contributed by atoms with van der Waals surface area (Å²) in [7, 11) is 0. The Morgan fingerprint density at radius 3 is 2.61 bits per heavy atom. The van der Waals surface area contributed by atoms with Crippen molar-refractivity contribution in [3.63, 3.8) is 0 Å². The molecule has 1 aliphatic carbocycles. The molecule has 1 saturated heterocycles. The third kappa shape index (κ3) is 3.84. The standard InChI is InChI=1S/C24H25N5O2/c25-23-20-2-1-9-26-22(20)15-21(27-23)17-5-8-19(14-17)29-12-10-28(11-13-29)18-6-3-16(4-7-18)24(30)31/h1-4,6-7,9,14-15,19H,5,8,10-13H2,(H2,25,27)(H,30,31)/t19-/m1/s1. The minimum atomic E-state index is -0.890. The maximum Gasteiger partial charge on any atom is 0.335 e. The maximum absolute atomic E-state index is 11.1. The molecule has 1 atom stereocenters. The van der Waals surface area contributed by atoms with E-state index in [2.05, 4.69) is 25.8 Å². The Hall–Kier alpha value is -3.45. The molecule has 0 saturated carbocycles. The van der Waals surface area contributed by atoms with Crippen LogP contribution in [0.2, 0.25) is 0 Å². The number of hydrogen-bond acceptors (Lipinski definition) is 6. The minimum Gasteiger partial charge on any atom is -0.478 e. The molecule has 2 aliphatic rings. The lowest BCUT2D eigenvalue weighted by atomic mass is 10.1. The van der Waals surface area contributed by atoms with Crippen LogP contribution in [0.3, 0.4) is 0 Å². The van der Waals surface area contributed by atoms with Crippen LogP contribution in [0.1, 0.15) is 28.9 Å². The third-order valence-corrected chi connectivity index (χ3v) is 6.32. The molecular weight excluding hydrogens is 390 g/mol. The second-order valence-corrected chi connectivity index (χ2v) is 8.14. The van der Waals surface area contributed by atoms with Crippen molar-refractivity contribution >= 4 is 34.0 Å². The van der Waals surface area contributed by atoms with Crippen LogP contribution < -0.4 is 10.6 Å². The number of carboxylic acid groups (broad SMARTS) is 1. The Morgan fingerprint density at radius 1 is 1.10 bits per heavy atom. The molecular formula is C24H25N5O2. The van der Waals surface area contributed by atoms with E-state index in [0.717, 1.165) is 61.3 Å². The molecule has 31 heavy (non-hydrogen) atoms. The highest BCUT2D eigenvalue weighted by molar-refractivity contribution is 5.90. The van der Waals surface area contributed by atoms with Crippen molar-refractivity contribution < 1.29 is 9.90 Å². The molecule has 0 spiro atoms. The number of nitrogens with zero attached hydrogens (tertiary/aromatic N) is 4. The molecule has 7 nitrogen and oxygen atoms in total. The average Bonchev–Trinajstić information content (AvgIpc) is 3.30. The summed E-state index contributed by atoms with van der Waals surface area (Å²) in [4.78, 5) is 25.0. The first kappa shape index (κ1) is 19.5. The fourth-order valence-electron chi connectivity index (χ4n) is 4.60. The lowest BCUT2D eigenvalue weighted by molar-refractivity contribution is 0.0697. The highest BCUT2D eigenvalue weighted by Crippen LogP contribution is 2.32. The van der Waals surface area contributed by atoms with Crippen molar-refractivity contribution in [1.82, 2.24) is 14.9 Å². The van der Waals surface area contributed by atoms with Gasteiger partial charge in [0.2, 0.25) is 0 Å². The lowest BCUT2D eigenvalue weighted by Crippen LogP contribution is -2.49. The molecule has 3 N–H and O–H groups in total. The molecule has 0 amide bonds. The molecule has 1 aromatic carbocycles. The summed E-state index contributed by atoms with van der Waals surface area (Å²) in [5.74, 6) is -0.355. The van der Waals surface area contributed by atoms with Crippen LogP contribution >= 0.6 is 0 Å². The molecule has 5 rings (SSSR count). The SMILES string of the molecule is Nc1nc(C2=C[C@H](N3CCN(c4ccc(C(=O)O)cc4)CC3)CC2)cc2ncccc12. The third-order valence-electron chi connectivity index (χ3n) is 6.32. The number of piperazine rings is 1.